The standard InChI is InChI=1S/C19H26N8O2/c1-19(2,3)18-20-16(26-7-5-12(10-26)9-15(28)29)13-6-8-27(17(13)21-18)11-14-22-23-24-25(14)4/h6,8,12H,5,7,9-11H2,1-4H3,(H,28,29). The van der Waals surface area contributed by atoms with E-state index in [1.165, 1.54) is 0 Å². The number of rotatable bonds is 5. The first-order valence-electron chi connectivity index (χ1n) is 9.77. The van der Waals surface area contributed by atoms with Crippen LogP contribution in [0.4, 0.5) is 5.82 Å². The highest BCUT2D eigenvalue weighted by Gasteiger charge is 2.29. The maximum Gasteiger partial charge on any atom is 0.303 e. The average Bonchev–Trinajstić information content (AvgIpc) is 3.35. The summed E-state index contributed by atoms with van der Waals surface area (Å²) >= 11 is 0. The molecule has 4 heterocycles. The average molecular weight is 398 g/mol. The molecule has 0 spiro atoms. The third kappa shape index (κ3) is 3.79. The van der Waals surface area contributed by atoms with Crippen molar-refractivity contribution < 1.29 is 9.90 Å². The molecule has 0 amide bonds. The Balaban J connectivity index is 1.76. The van der Waals surface area contributed by atoms with Gasteiger partial charge < -0.3 is 14.6 Å². The molecular weight excluding hydrogens is 372 g/mol. The molecule has 0 aromatic carbocycles. The second kappa shape index (κ2) is 7.09. The summed E-state index contributed by atoms with van der Waals surface area (Å²) in [4.78, 5) is 23.1. The van der Waals surface area contributed by atoms with Gasteiger partial charge in [-0.3, -0.25) is 4.79 Å². The maximum atomic E-state index is 11.1. The van der Waals surface area contributed by atoms with Crippen molar-refractivity contribution in [3.8, 4) is 0 Å². The molecule has 3 aromatic heterocycles. The molecule has 0 aliphatic carbocycles. The number of aliphatic carboxylic acids is 1. The summed E-state index contributed by atoms with van der Waals surface area (Å²) in [6, 6.07) is 2.02. The van der Waals surface area contributed by atoms with E-state index in [-0.39, 0.29) is 17.8 Å². The third-order valence-corrected chi connectivity index (χ3v) is 5.34. The second-order valence-electron chi connectivity index (χ2n) is 8.72. The van der Waals surface area contributed by atoms with Crippen molar-refractivity contribution in [2.75, 3.05) is 18.0 Å². The first kappa shape index (κ1) is 19.3. The number of anilines is 1. The van der Waals surface area contributed by atoms with E-state index in [0.717, 1.165) is 41.5 Å². The third-order valence-electron chi connectivity index (χ3n) is 5.34. The Kier molecular flexibility index (Phi) is 4.71. The Morgan fingerprint density at radius 2 is 2.10 bits per heavy atom. The molecule has 1 unspecified atom stereocenters. The fraction of sp³-hybridized carbons (Fsp3) is 0.579. The topological polar surface area (TPSA) is 115 Å². The lowest BCUT2D eigenvalue weighted by Gasteiger charge is -2.23. The van der Waals surface area contributed by atoms with Crippen molar-refractivity contribution in [2.45, 2.75) is 45.6 Å². The molecule has 0 saturated carbocycles. The molecular formula is C19H26N8O2. The van der Waals surface area contributed by atoms with Gasteiger partial charge in [0.1, 0.15) is 17.3 Å². The van der Waals surface area contributed by atoms with Gasteiger partial charge in [0.05, 0.1) is 11.9 Å². The van der Waals surface area contributed by atoms with E-state index in [0.29, 0.717) is 13.1 Å². The molecule has 10 heteroatoms. The number of carboxylic acid groups (broad SMARTS) is 1. The molecule has 154 valence electrons. The molecule has 1 fully saturated rings. The van der Waals surface area contributed by atoms with Crippen LogP contribution in [-0.4, -0.2) is 58.9 Å². The van der Waals surface area contributed by atoms with Crippen LogP contribution in [0.15, 0.2) is 12.3 Å². The maximum absolute atomic E-state index is 11.1. The van der Waals surface area contributed by atoms with E-state index in [2.05, 4.69) is 41.2 Å². The fourth-order valence-electron chi connectivity index (χ4n) is 3.73. The van der Waals surface area contributed by atoms with E-state index < -0.39 is 5.97 Å². The lowest BCUT2D eigenvalue weighted by atomic mass is 9.95. The number of carboxylic acids is 1. The summed E-state index contributed by atoms with van der Waals surface area (Å²) in [6.45, 7) is 8.28. The van der Waals surface area contributed by atoms with Gasteiger partial charge >= 0.3 is 5.97 Å². The summed E-state index contributed by atoms with van der Waals surface area (Å²) in [5, 5.41) is 21.8. The van der Waals surface area contributed by atoms with Gasteiger partial charge in [-0.2, -0.15) is 0 Å². The minimum atomic E-state index is -0.747. The monoisotopic (exact) mass is 398 g/mol. The van der Waals surface area contributed by atoms with Crippen molar-refractivity contribution in [1.29, 1.82) is 0 Å². The summed E-state index contributed by atoms with van der Waals surface area (Å²) in [6.07, 6.45) is 3.03. The highest BCUT2D eigenvalue weighted by Crippen LogP contribution is 2.33. The van der Waals surface area contributed by atoms with Gasteiger partial charge in [-0.05, 0) is 28.8 Å². The van der Waals surface area contributed by atoms with Gasteiger partial charge in [0.2, 0.25) is 0 Å². The fourth-order valence-corrected chi connectivity index (χ4v) is 3.73. The van der Waals surface area contributed by atoms with Gasteiger partial charge in [0.15, 0.2) is 5.82 Å². The quantitative estimate of drug-likeness (QED) is 0.689. The second-order valence-corrected chi connectivity index (χ2v) is 8.72. The smallest absolute Gasteiger partial charge is 0.303 e. The lowest BCUT2D eigenvalue weighted by molar-refractivity contribution is -0.137. The van der Waals surface area contributed by atoms with Gasteiger partial charge in [0.25, 0.3) is 0 Å². The van der Waals surface area contributed by atoms with Crippen molar-refractivity contribution in [3.63, 3.8) is 0 Å². The molecule has 1 saturated heterocycles. The van der Waals surface area contributed by atoms with Crippen LogP contribution >= 0.6 is 0 Å². The SMILES string of the molecule is Cn1nnnc1Cn1ccc2c(N3CCC(CC(=O)O)C3)nc(C(C)(C)C)nc21. The molecule has 0 radical (unpaired) electrons. The van der Waals surface area contributed by atoms with Crippen LogP contribution < -0.4 is 4.90 Å². The van der Waals surface area contributed by atoms with E-state index in [4.69, 9.17) is 15.1 Å². The summed E-state index contributed by atoms with van der Waals surface area (Å²) in [5.41, 5.74) is 0.620. The van der Waals surface area contributed by atoms with Gasteiger partial charge in [-0.15, -0.1) is 5.10 Å². The van der Waals surface area contributed by atoms with Crippen molar-refractivity contribution in [1.82, 2.24) is 34.7 Å². The Morgan fingerprint density at radius 3 is 2.76 bits per heavy atom. The Labute approximate surface area is 168 Å². The van der Waals surface area contributed by atoms with Crippen LogP contribution in [0.3, 0.4) is 0 Å². The predicted molar refractivity (Wildman–Crippen MR) is 107 cm³/mol. The number of carbonyl (C=O) groups is 1. The highest BCUT2D eigenvalue weighted by atomic mass is 16.4. The van der Waals surface area contributed by atoms with E-state index in [1.807, 2.05) is 23.9 Å². The van der Waals surface area contributed by atoms with Gasteiger partial charge in [0, 0.05) is 38.2 Å². The van der Waals surface area contributed by atoms with Gasteiger partial charge in [-0.25, -0.2) is 14.6 Å². The zero-order valence-electron chi connectivity index (χ0n) is 17.2. The number of nitrogens with zero attached hydrogens (tertiary/aromatic N) is 8. The molecule has 1 N–H and O–H groups in total. The predicted octanol–water partition coefficient (Wildman–Crippen LogP) is 1.60. The van der Waals surface area contributed by atoms with Crippen molar-refractivity contribution in [2.24, 2.45) is 13.0 Å². The number of hydrogen-bond acceptors (Lipinski definition) is 7. The highest BCUT2D eigenvalue weighted by molar-refractivity contribution is 5.88. The zero-order valence-corrected chi connectivity index (χ0v) is 17.2. The number of fused-ring (bicyclic) bond motifs is 1. The molecule has 1 aliphatic rings. The molecule has 10 nitrogen and oxygen atoms in total. The molecule has 1 aliphatic heterocycles. The number of hydrogen-bond donors (Lipinski definition) is 1. The number of aryl methyl sites for hydroxylation is 1. The van der Waals surface area contributed by atoms with Crippen LogP contribution in [0, 0.1) is 5.92 Å². The molecule has 3 aromatic rings. The van der Waals surface area contributed by atoms with Gasteiger partial charge in [-0.1, -0.05) is 20.8 Å². The molecule has 29 heavy (non-hydrogen) atoms. The van der Waals surface area contributed by atoms with Crippen molar-refractivity contribution >= 4 is 22.8 Å². The van der Waals surface area contributed by atoms with Crippen LogP contribution in [0.5, 0.6) is 0 Å². The van der Waals surface area contributed by atoms with Crippen LogP contribution in [-0.2, 0) is 23.8 Å². The minimum Gasteiger partial charge on any atom is -0.481 e. The zero-order chi connectivity index (χ0) is 20.8. The largest absolute Gasteiger partial charge is 0.481 e. The summed E-state index contributed by atoms with van der Waals surface area (Å²) < 4.78 is 3.68. The van der Waals surface area contributed by atoms with Crippen LogP contribution in [0.25, 0.3) is 11.0 Å². The Hall–Kier alpha value is -3.04. The van der Waals surface area contributed by atoms with E-state index >= 15 is 0 Å². The van der Waals surface area contributed by atoms with Crippen LogP contribution in [0.2, 0.25) is 0 Å². The normalized spacial score (nSPS) is 17.4. The summed E-state index contributed by atoms with van der Waals surface area (Å²) in [5.74, 6) is 1.77. The minimum absolute atomic E-state index is 0.141. The number of tetrazole rings is 1. The first-order chi connectivity index (χ1) is 13.7. The molecule has 4 rings (SSSR count). The van der Waals surface area contributed by atoms with Crippen molar-refractivity contribution in [3.05, 3.63) is 23.9 Å². The molecule has 0 bridgehead atoms. The molecule has 1 atom stereocenters. The Morgan fingerprint density at radius 1 is 1.31 bits per heavy atom. The first-order valence-corrected chi connectivity index (χ1v) is 9.77. The number of aromatic nitrogens is 7. The summed E-state index contributed by atoms with van der Waals surface area (Å²) in [7, 11) is 1.81. The lowest BCUT2D eigenvalue weighted by Crippen LogP contribution is -2.25. The van der Waals surface area contributed by atoms with E-state index in [9.17, 15) is 4.79 Å². The van der Waals surface area contributed by atoms with E-state index in [1.54, 1.807) is 4.68 Å². The Bertz CT molecular complexity index is 1050. The van der Waals surface area contributed by atoms with Crippen LogP contribution in [0.1, 0.15) is 45.3 Å².